The Morgan fingerprint density at radius 1 is 1.23 bits per heavy atom. The van der Waals surface area contributed by atoms with E-state index in [2.05, 4.69) is 10.2 Å². The lowest BCUT2D eigenvalue weighted by Crippen LogP contribution is -2.44. The van der Waals surface area contributed by atoms with Gasteiger partial charge in [0.05, 0.1) is 6.54 Å². The monoisotopic (exact) mass is 374 g/mol. The van der Waals surface area contributed by atoms with Gasteiger partial charge in [0.25, 0.3) is 0 Å². The van der Waals surface area contributed by atoms with Gasteiger partial charge in [-0.1, -0.05) is 42.8 Å². The van der Waals surface area contributed by atoms with Gasteiger partial charge in [0, 0.05) is 18.1 Å². The number of nitrogens with one attached hydrogen (secondary N) is 1. The Hall–Kier alpha value is -2.24. The third-order valence-electron chi connectivity index (χ3n) is 4.22. The van der Waals surface area contributed by atoms with E-state index in [0.717, 1.165) is 23.6 Å². The van der Waals surface area contributed by atoms with Crippen molar-refractivity contribution < 1.29 is 14.3 Å². The topological polar surface area (TPSA) is 50.8 Å². The number of para-hydroxylation sites is 2. The number of carbonyl (C=O) groups excluding carboxylic acids is 1. The van der Waals surface area contributed by atoms with Gasteiger partial charge < -0.3 is 14.8 Å². The Kier molecular flexibility index (Phi) is 6.36. The van der Waals surface area contributed by atoms with Crippen molar-refractivity contribution in [2.45, 2.75) is 19.6 Å². The summed E-state index contributed by atoms with van der Waals surface area (Å²) < 4.78 is 11.7. The number of rotatable bonds is 7. The van der Waals surface area contributed by atoms with E-state index in [9.17, 15) is 4.79 Å². The summed E-state index contributed by atoms with van der Waals surface area (Å²) >= 11 is 5.96. The van der Waals surface area contributed by atoms with Crippen LogP contribution in [0.1, 0.15) is 12.5 Å². The highest BCUT2D eigenvalue weighted by molar-refractivity contribution is 6.30. The van der Waals surface area contributed by atoms with Crippen molar-refractivity contribution in [3.63, 3.8) is 0 Å². The number of likely N-dealkylation sites (N-methyl/N-ethyl adjacent to an activating group) is 1. The molecule has 0 aromatic heterocycles. The number of amides is 1. The zero-order valence-electron chi connectivity index (χ0n) is 14.8. The predicted octanol–water partition coefficient (Wildman–Crippen LogP) is 3.12. The number of hydrogen-bond donors (Lipinski definition) is 1. The molecule has 138 valence electrons. The number of carbonyl (C=O) groups is 1. The first-order valence-corrected chi connectivity index (χ1v) is 9.14. The molecule has 0 aliphatic carbocycles. The van der Waals surface area contributed by atoms with Gasteiger partial charge in [0.15, 0.2) is 11.5 Å². The molecule has 1 amide bonds. The van der Waals surface area contributed by atoms with Crippen molar-refractivity contribution in [2.75, 3.05) is 26.2 Å². The lowest BCUT2D eigenvalue weighted by Gasteiger charge is -2.30. The predicted molar refractivity (Wildman–Crippen MR) is 102 cm³/mol. The molecule has 2 aromatic rings. The van der Waals surface area contributed by atoms with Crippen LogP contribution in [0.3, 0.4) is 0 Å². The Morgan fingerprint density at radius 3 is 2.81 bits per heavy atom. The summed E-state index contributed by atoms with van der Waals surface area (Å²) in [5, 5.41) is 3.60. The van der Waals surface area contributed by atoms with E-state index < -0.39 is 0 Å². The SMILES string of the molecule is CCN(CC(=O)NCc1cccc(Cl)c1)CC1COc2ccccc2O1. The summed E-state index contributed by atoms with van der Waals surface area (Å²) in [4.78, 5) is 14.3. The molecule has 2 aromatic carbocycles. The van der Waals surface area contributed by atoms with E-state index in [-0.39, 0.29) is 12.0 Å². The van der Waals surface area contributed by atoms with Crippen LogP contribution in [0.15, 0.2) is 48.5 Å². The maximum Gasteiger partial charge on any atom is 0.234 e. The number of benzene rings is 2. The fourth-order valence-electron chi connectivity index (χ4n) is 2.85. The van der Waals surface area contributed by atoms with E-state index in [4.69, 9.17) is 21.1 Å². The van der Waals surface area contributed by atoms with Gasteiger partial charge in [-0.2, -0.15) is 0 Å². The minimum absolute atomic E-state index is 0.0241. The molecule has 1 heterocycles. The molecule has 1 aliphatic rings. The number of ether oxygens (including phenoxy) is 2. The molecule has 5 nitrogen and oxygen atoms in total. The normalized spacial score (nSPS) is 15.7. The van der Waals surface area contributed by atoms with Crippen LogP contribution >= 0.6 is 11.6 Å². The molecule has 26 heavy (non-hydrogen) atoms. The fraction of sp³-hybridized carbons (Fsp3) is 0.350. The van der Waals surface area contributed by atoms with Crippen LogP contribution in [0, 0.1) is 0 Å². The van der Waals surface area contributed by atoms with Gasteiger partial charge in [-0.3, -0.25) is 9.69 Å². The van der Waals surface area contributed by atoms with Gasteiger partial charge in [-0.15, -0.1) is 0 Å². The summed E-state index contributed by atoms with van der Waals surface area (Å²) in [5.41, 5.74) is 0.981. The molecule has 1 unspecified atom stereocenters. The van der Waals surface area contributed by atoms with Gasteiger partial charge in [-0.05, 0) is 36.4 Å². The van der Waals surface area contributed by atoms with E-state index in [1.54, 1.807) is 0 Å². The van der Waals surface area contributed by atoms with Crippen LogP contribution in [-0.4, -0.2) is 43.2 Å². The first-order valence-electron chi connectivity index (χ1n) is 8.76. The van der Waals surface area contributed by atoms with Crippen LogP contribution in [0.2, 0.25) is 5.02 Å². The minimum atomic E-state index is -0.0921. The van der Waals surface area contributed by atoms with Crippen molar-refractivity contribution in [3.05, 3.63) is 59.1 Å². The zero-order valence-corrected chi connectivity index (χ0v) is 15.5. The molecule has 0 radical (unpaired) electrons. The van der Waals surface area contributed by atoms with E-state index in [1.165, 1.54) is 0 Å². The molecule has 0 saturated heterocycles. The van der Waals surface area contributed by atoms with E-state index in [1.807, 2.05) is 55.5 Å². The van der Waals surface area contributed by atoms with Crippen LogP contribution in [0.4, 0.5) is 0 Å². The first-order chi connectivity index (χ1) is 12.6. The minimum Gasteiger partial charge on any atom is -0.486 e. The fourth-order valence-corrected chi connectivity index (χ4v) is 3.07. The smallest absolute Gasteiger partial charge is 0.234 e. The van der Waals surface area contributed by atoms with Crippen molar-refractivity contribution in [2.24, 2.45) is 0 Å². The lowest BCUT2D eigenvalue weighted by atomic mass is 10.2. The van der Waals surface area contributed by atoms with Crippen LogP contribution in [0.25, 0.3) is 0 Å². The third-order valence-corrected chi connectivity index (χ3v) is 4.46. The second-order valence-electron chi connectivity index (χ2n) is 6.23. The highest BCUT2D eigenvalue weighted by atomic mass is 35.5. The highest BCUT2D eigenvalue weighted by Gasteiger charge is 2.23. The molecule has 0 fully saturated rings. The van der Waals surface area contributed by atoms with E-state index in [0.29, 0.717) is 31.3 Å². The standard InChI is InChI=1S/C20H23ClN2O3/c1-2-23(12-17-14-25-18-8-3-4-9-19(18)26-17)13-20(24)22-11-15-6-5-7-16(21)10-15/h3-10,17H,2,11-14H2,1H3,(H,22,24). The first kappa shape index (κ1) is 18.5. The summed E-state index contributed by atoms with van der Waals surface area (Å²) in [6.45, 7) is 4.69. The van der Waals surface area contributed by atoms with Crippen molar-refractivity contribution in [1.82, 2.24) is 10.2 Å². The molecule has 1 N–H and O–H groups in total. The second kappa shape index (κ2) is 8.92. The van der Waals surface area contributed by atoms with Crippen LogP contribution < -0.4 is 14.8 Å². The number of nitrogens with zero attached hydrogens (tertiary/aromatic N) is 1. The van der Waals surface area contributed by atoms with Gasteiger partial charge in [0.1, 0.15) is 12.7 Å². The molecule has 0 saturated carbocycles. The quantitative estimate of drug-likeness (QED) is 0.809. The summed E-state index contributed by atoms with van der Waals surface area (Å²) in [6.07, 6.45) is -0.0921. The van der Waals surface area contributed by atoms with Crippen molar-refractivity contribution >= 4 is 17.5 Å². The molecule has 0 spiro atoms. The Morgan fingerprint density at radius 2 is 2.04 bits per heavy atom. The Bertz CT molecular complexity index is 753. The largest absolute Gasteiger partial charge is 0.486 e. The number of fused-ring (bicyclic) bond motifs is 1. The van der Waals surface area contributed by atoms with Crippen molar-refractivity contribution in [1.29, 1.82) is 0 Å². The average Bonchev–Trinajstić information content (AvgIpc) is 2.66. The van der Waals surface area contributed by atoms with Gasteiger partial charge >= 0.3 is 0 Å². The molecular formula is C20H23ClN2O3. The zero-order chi connectivity index (χ0) is 18.4. The van der Waals surface area contributed by atoms with Crippen LogP contribution in [0.5, 0.6) is 11.5 Å². The lowest BCUT2D eigenvalue weighted by molar-refractivity contribution is -0.122. The maximum atomic E-state index is 12.3. The van der Waals surface area contributed by atoms with Gasteiger partial charge in [0.2, 0.25) is 5.91 Å². The summed E-state index contributed by atoms with van der Waals surface area (Å²) in [7, 11) is 0. The summed E-state index contributed by atoms with van der Waals surface area (Å²) in [5.74, 6) is 1.50. The maximum absolute atomic E-state index is 12.3. The third kappa shape index (κ3) is 5.13. The molecule has 1 aliphatic heterocycles. The average molecular weight is 375 g/mol. The van der Waals surface area contributed by atoms with Crippen molar-refractivity contribution in [3.8, 4) is 11.5 Å². The van der Waals surface area contributed by atoms with Crippen LogP contribution in [-0.2, 0) is 11.3 Å². The molecule has 0 bridgehead atoms. The second-order valence-corrected chi connectivity index (χ2v) is 6.67. The van der Waals surface area contributed by atoms with E-state index >= 15 is 0 Å². The Labute approximate surface area is 158 Å². The highest BCUT2D eigenvalue weighted by Crippen LogP contribution is 2.30. The number of hydrogen-bond acceptors (Lipinski definition) is 4. The molecular weight excluding hydrogens is 352 g/mol. The molecule has 3 rings (SSSR count). The summed E-state index contributed by atoms with van der Waals surface area (Å²) in [6, 6.07) is 15.1. The molecule has 6 heteroatoms. The number of halogens is 1. The Balaban J connectivity index is 1.47. The van der Waals surface area contributed by atoms with Gasteiger partial charge in [-0.25, -0.2) is 0 Å². The molecule has 1 atom stereocenters.